The molecule has 0 aliphatic heterocycles. The number of aliphatic carboxylic acids is 1. The molecule has 15 heavy (non-hydrogen) atoms. The maximum absolute atomic E-state index is 11.2. The summed E-state index contributed by atoms with van der Waals surface area (Å²) >= 11 is 0. The van der Waals surface area contributed by atoms with E-state index in [9.17, 15) is 14.7 Å². The zero-order valence-corrected chi connectivity index (χ0v) is 8.60. The maximum Gasteiger partial charge on any atom is 0.329 e. The molecule has 1 amide bonds. The van der Waals surface area contributed by atoms with Gasteiger partial charge in [-0.05, 0) is 0 Å². The molecular formula is C9H15NO5. The average molecular weight is 217 g/mol. The number of carboxylic acid groups (broad SMARTS) is 1. The van der Waals surface area contributed by atoms with Crippen molar-refractivity contribution in [3.63, 3.8) is 0 Å². The van der Waals surface area contributed by atoms with E-state index in [0.29, 0.717) is 0 Å². The van der Waals surface area contributed by atoms with Gasteiger partial charge in [-0.2, -0.15) is 0 Å². The molecule has 0 aromatic carbocycles. The van der Waals surface area contributed by atoms with E-state index >= 15 is 0 Å². The highest BCUT2D eigenvalue weighted by Gasteiger charge is 2.32. The van der Waals surface area contributed by atoms with Gasteiger partial charge in [-0.15, -0.1) is 0 Å². The fourth-order valence-corrected chi connectivity index (χ4v) is 0.715. The predicted molar refractivity (Wildman–Crippen MR) is 51.8 cm³/mol. The Morgan fingerprint density at radius 2 is 2.00 bits per heavy atom. The molecule has 6 nitrogen and oxygen atoms in total. The first-order valence-corrected chi connectivity index (χ1v) is 4.30. The molecule has 1 atom stereocenters. The average Bonchev–Trinajstić information content (AvgIpc) is 2.15. The minimum atomic E-state index is -1.40. The van der Waals surface area contributed by atoms with E-state index in [1.165, 1.54) is 13.8 Å². The monoisotopic (exact) mass is 217 g/mol. The Labute approximate surface area is 87.2 Å². The van der Waals surface area contributed by atoms with Gasteiger partial charge in [-0.1, -0.05) is 13.8 Å². The van der Waals surface area contributed by atoms with Gasteiger partial charge in [0.1, 0.15) is 6.10 Å². The lowest BCUT2D eigenvalue weighted by molar-refractivity contribution is -0.136. The van der Waals surface area contributed by atoms with Gasteiger partial charge in [-0.3, -0.25) is 4.79 Å². The lowest BCUT2D eigenvalue weighted by Gasteiger charge is -2.26. The van der Waals surface area contributed by atoms with Crippen LogP contribution in [0.15, 0.2) is 12.3 Å². The number of hydrogen-bond donors (Lipinski definition) is 4. The summed E-state index contributed by atoms with van der Waals surface area (Å²) in [5, 5.41) is 28.7. The lowest BCUT2D eigenvalue weighted by Crippen LogP contribution is -2.44. The van der Waals surface area contributed by atoms with Crippen molar-refractivity contribution in [2.75, 3.05) is 6.61 Å². The summed E-state index contributed by atoms with van der Waals surface area (Å²) in [4.78, 5) is 21.3. The van der Waals surface area contributed by atoms with E-state index in [0.717, 1.165) is 12.3 Å². The third-order valence-electron chi connectivity index (χ3n) is 1.85. The summed E-state index contributed by atoms with van der Waals surface area (Å²) < 4.78 is 0. The number of aliphatic hydroxyl groups excluding tert-OH is 2. The highest BCUT2D eigenvalue weighted by Crippen LogP contribution is 2.19. The molecule has 6 heteroatoms. The summed E-state index contributed by atoms with van der Waals surface area (Å²) in [6.07, 6.45) is 0.249. The number of rotatable bonds is 5. The minimum Gasteiger partial charge on any atom is -0.478 e. The second kappa shape index (κ2) is 5.47. The number of nitrogens with one attached hydrogen (secondary N) is 1. The first-order chi connectivity index (χ1) is 6.81. The van der Waals surface area contributed by atoms with Crippen LogP contribution in [0.1, 0.15) is 13.8 Å². The first kappa shape index (κ1) is 13.6. The quantitative estimate of drug-likeness (QED) is 0.445. The van der Waals surface area contributed by atoms with E-state index in [-0.39, 0.29) is 6.61 Å². The summed E-state index contributed by atoms with van der Waals surface area (Å²) in [6.45, 7) is 2.67. The molecule has 0 rings (SSSR count). The molecule has 0 aliphatic rings. The van der Waals surface area contributed by atoms with E-state index in [2.05, 4.69) is 5.32 Å². The van der Waals surface area contributed by atoms with Gasteiger partial charge in [0.25, 0.3) is 5.91 Å². The topological polar surface area (TPSA) is 107 Å². The molecule has 0 saturated carbocycles. The van der Waals surface area contributed by atoms with Crippen LogP contribution in [0.25, 0.3) is 0 Å². The Balaban J connectivity index is 4.28. The van der Waals surface area contributed by atoms with Crippen LogP contribution in [0.3, 0.4) is 0 Å². The summed E-state index contributed by atoms with van der Waals surface area (Å²) in [7, 11) is 0. The van der Waals surface area contributed by atoms with E-state index in [4.69, 9.17) is 10.2 Å². The number of carboxylic acids is 1. The smallest absolute Gasteiger partial charge is 0.329 e. The van der Waals surface area contributed by atoms with Gasteiger partial charge in [-0.25, -0.2) is 4.79 Å². The molecule has 0 aromatic rings. The van der Waals surface area contributed by atoms with E-state index < -0.39 is 23.4 Å². The Morgan fingerprint density at radius 3 is 2.40 bits per heavy atom. The van der Waals surface area contributed by atoms with E-state index in [1.807, 2.05) is 0 Å². The Kier molecular flexibility index (Phi) is 4.96. The molecule has 0 fully saturated rings. The van der Waals surface area contributed by atoms with Crippen LogP contribution in [-0.2, 0) is 9.59 Å². The van der Waals surface area contributed by atoms with E-state index in [1.54, 1.807) is 0 Å². The highest BCUT2D eigenvalue weighted by molar-refractivity contribution is 5.84. The van der Waals surface area contributed by atoms with Crippen LogP contribution >= 0.6 is 0 Å². The number of carbonyl (C=O) groups excluding carboxylic acids is 1. The Morgan fingerprint density at radius 1 is 1.47 bits per heavy atom. The van der Waals surface area contributed by atoms with Gasteiger partial charge in [0.15, 0.2) is 0 Å². The minimum absolute atomic E-state index is 0.357. The van der Waals surface area contributed by atoms with Crippen molar-refractivity contribution in [2.45, 2.75) is 20.0 Å². The van der Waals surface area contributed by atoms with Crippen LogP contribution in [0.4, 0.5) is 0 Å². The predicted octanol–water partition coefficient (Wildman–Crippen LogP) is -0.920. The molecule has 86 valence electrons. The second-order valence-corrected chi connectivity index (χ2v) is 3.73. The molecule has 0 saturated heterocycles. The molecule has 0 spiro atoms. The summed E-state index contributed by atoms with van der Waals surface area (Å²) in [5.41, 5.74) is -0.971. The highest BCUT2D eigenvalue weighted by atomic mass is 16.4. The molecule has 0 aliphatic carbocycles. The number of hydrogen-bond acceptors (Lipinski definition) is 4. The van der Waals surface area contributed by atoms with Gasteiger partial charge in [0.2, 0.25) is 0 Å². The third-order valence-corrected chi connectivity index (χ3v) is 1.85. The molecule has 0 unspecified atom stereocenters. The second-order valence-electron chi connectivity index (χ2n) is 3.73. The van der Waals surface area contributed by atoms with Crippen LogP contribution in [-0.4, -0.2) is 39.9 Å². The van der Waals surface area contributed by atoms with Crippen LogP contribution in [0.5, 0.6) is 0 Å². The van der Waals surface area contributed by atoms with Crippen molar-refractivity contribution in [2.24, 2.45) is 5.41 Å². The molecule has 4 N–H and O–H groups in total. The molecule has 0 aromatic heterocycles. The molecule has 0 radical (unpaired) electrons. The van der Waals surface area contributed by atoms with Gasteiger partial charge in [0, 0.05) is 17.7 Å². The fraction of sp³-hybridized carbons (Fsp3) is 0.556. The van der Waals surface area contributed by atoms with Crippen molar-refractivity contribution in [3.8, 4) is 0 Å². The van der Waals surface area contributed by atoms with Crippen molar-refractivity contribution in [1.82, 2.24) is 5.32 Å². The van der Waals surface area contributed by atoms with Crippen LogP contribution in [0, 0.1) is 5.41 Å². The summed E-state index contributed by atoms with van der Waals surface area (Å²) in [6, 6.07) is 0. The van der Waals surface area contributed by atoms with Crippen LogP contribution in [0.2, 0.25) is 0 Å². The molecule has 0 heterocycles. The Hall–Kier alpha value is -1.40. The zero-order valence-electron chi connectivity index (χ0n) is 8.60. The third kappa shape index (κ3) is 4.57. The van der Waals surface area contributed by atoms with Crippen molar-refractivity contribution in [1.29, 1.82) is 0 Å². The largest absolute Gasteiger partial charge is 0.478 e. The first-order valence-electron chi connectivity index (χ1n) is 4.30. The number of carbonyl (C=O) groups is 2. The van der Waals surface area contributed by atoms with Gasteiger partial charge >= 0.3 is 5.97 Å². The lowest BCUT2D eigenvalue weighted by atomic mass is 9.87. The molecule has 0 bridgehead atoms. The SMILES string of the molecule is CC(C)(CO)[C@H](O)C(=O)N/C=C/C(=O)O. The van der Waals surface area contributed by atoms with Crippen molar-refractivity contribution in [3.05, 3.63) is 12.3 Å². The standard InChI is InChI=1S/C9H15NO5/c1-9(2,5-11)7(14)8(15)10-4-3-6(12)13/h3-4,7,11,14H,5H2,1-2H3,(H,10,15)(H,12,13)/b4-3+/t7-/m1/s1. The number of amides is 1. The Bertz CT molecular complexity index is 272. The van der Waals surface area contributed by atoms with Crippen molar-refractivity contribution < 1.29 is 24.9 Å². The summed E-state index contributed by atoms with van der Waals surface area (Å²) in [5.74, 6) is -1.96. The van der Waals surface area contributed by atoms with Gasteiger partial charge < -0.3 is 20.6 Å². The fourth-order valence-electron chi connectivity index (χ4n) is 0.715. The maximum atomic E-state index is 11.2. The van der Waals surface area contributed by atoms with Crippen molar-refractivity contribution >= 4 is 11.9 Å². The number of aliphatic hydroxyl groups is 2. The molecular weight excluding hydrogens is 202 g/mol. The van der Waals surface area contributed by atoms with Crippen LogP contribution < -0.4 is 5.32 Å². The normalized spacial score (nSPS) is 13.9. The van der Waals surface area contributed by atoms with Gasteiger partial charge in [0.05, 0.1) is 6.61 Å². The zero-order chi connectivity index (χ0) is 12.1.